The number of carbonyl (C=O) groups is 1. The van der Waals surface area contributed by atoms with E-state index in [0.29, 0.717) is 4.60 Å². The Balaban J connectivity index is 2.06. The van der Waals surface area contributed by atoms with E-state index >= 15 is 0 Å². The lowest BCUT2D eigenvalue weighted by Gasteiger charge is -2.09. The van der Waals surface area contributed by atoms with Crippen molar-refractivity contribution in [3.63, 3.8) is 0 Å². The van der Waals surface area contributed by atoms with E-state index in [1.807, 2.05) is 0 Å². The van der Waals surface area contributed by atoms with Gasteiger partial charge in [-0.15, -0.1) is 0 Å². The quantitative estimate of drug-likeness (QED) is 0.822. The first-order valence-electron chi connectivity index (χ1n) is 4.81. The molecule has 1 atom stereocenters. The van der Waals surface area contributed by atoms with Gasteiger partial charge in [-0.25, -0.2) is 13.4 Å². The van der Waals surface area contributed by atoms with Gasteiger partial charge in [-0.1, -0.05) is 6.07 Å². The largest absolute Gasteiger partial charge is 0.343 e. The zero-order chi connectivity index (χ0) is 12.5. The van der Waals surface area contributed by atoms with Gasteiger partial charge < -0.3 is 5.32 Å². The molecule has 0 spiro atoms. The Morgan fingerprint density at radius 2 is 2.24 bits per heavy atom. The van der Waals surface area contributed by atoms with Gasteiger partial charge in [0.25, 0.3) is 5.91 Å². The van der Waals surface area contributed by atoms with E-state index < -0.39 is 21.8 Å². The van der Waals surface area contributed by atoms with Crippen LogP contribution in [0.4, 0.5) is 0 Å². The van der Waals surface area contributed by atoms with E-state index in [-0.39, 0.29) is 11.4 Å². The van der Waals surface area contributed by atoms with Crippen molar-refractivity contribution in [2.24, 2.45) is 0 Å². The molecule has 0 aromatic carbocycles. The molecule has 1 aliphatic rings. The average molecular weight is 317 g/mol. The number of nitrogens with one attached hydrogen (secondary N) is 1. The van der Waals surface area contributed by atoms with Crippen LogP contribution in [-0.2, 0) is 9.84 Å². The molecule has 90 valence electrons. The summed E-state index contributed by atoms with van der Waals surface area (Å²) in [5.74, 6) is -0.481. The number of sulfone groups is 1. The van der Waals surface area contributed by atoms with Crippen molar-refractivity contribution < 1.29 is 13.2 Å². The number of amides is 1. The van der Waals surface area contributed by atoms with E-state index in [9.17, 15) is 13.2 Å². The third-order valence-corrected chi connectivity index (χ3v) is 4.03. The summed E-state index contributed by atoms with van der Waals surface area (Å²) in [6.45, 7) is 0. The zero-order valence-corrected chi connectivity index (χ0v) is 11.0. The van der Waals surface area contributed by atoms with Crippen LogP contribution >= 0.6 is 15.9 Å². The number of aromatic nitrogens is 1. The Morgan fingerprint density at radius 1 is 1.47 bits per heavy atom. The molecule has 5 nitrogen and oxygen atoms in total. The maximum atomic E-state index is 11.7. The van der Waals surface area contributed by atoms with Crippen LogP contribution in [0.1, 0.15) is 10.5 Å². The van der Waals surface area contributed by atoms with Crippen LogP contribution in [-0.4, -0.2) is 31.1 Å². The molecule has 1 unspecified atom stereocenters. The molecule has 1 aliphatic heterocycles. The Labute approximate surface area is 107 Å². The summed E-state index contributed by atoms with van der Waals surface area (Å²) >= 11 is 3.16. The Bertz CT molecular complexity index is 583. The second-order valence-electron chi connectivity index (χ2n) is 3.58. The summed E-state index contributed by atoms with van der Waals surface area (Å²) in [6.07, 6.45) is 1.46. The van der Waals surface area contributed by atoms with E-state index in [1.165, 1.54) is 6.08 Å². The maximum absolute atomic E-state index is 11.7. The Hall–Kier alpha value is -1.21. The van der Waals surface area contributed by atoms with Gasteiger partial charge in [0.1, 0.15) is 10.3 Å². The number of hydrogen-bond acceptors (Lipinski definition) is 4. The highest BCUT2D eigenvalue weighted by Gasteiger charge is 2.23. The summed E-state index contributed by atoms with van der Waals surface area (Å²) in [5.41, 5.74) is 0.247. The highest BCUT2D eigenvalue weighted by atomic mass is 79.9. The molecule has 0 fully saturated rings. The van der Waals surface area contributed by atoms with Crippen LogP contribution in [0.2, 0.25) is 0 Å². The van der Waals surface area contributed by atoms with Crippen LogP contribution < -0.4 is 5.32 Å². The van der Waals surface area contributed by atoms with Crippen molar-refractivity contribution in [1.82, 2.24) is 10.3 Å². The van der Waals surface area contributed by atoms with Crippen LogP contribution in [0.3, 0.4) is 0 Å². The number of hydrogen-bond donors (Lipinski definition) is 1. The molecule has 0 bridgehead atoms. The molecule has 2 rings (SSSR count). The van der Waals surface area contributed by atoms with Crippen molar-refractivity contribution in [1.29, 1.82) is 0 Å². The Morgan fingerprint density at radius 3 is 2.82 bits per heavy atom. The number of nitrogens with zero attached hydrogens (tertiary/aromatic N) is 1. The van der Waals surface area contributed by atoms with Crippen molar-refractivity contribution in [3.8, 4) is 0 Å². The predicted octanol–water partition coefficient (Wildman–Crippen LogP) is 0.885. The highest BCUT2D eigenvalue weighted by Crippen LogP contribution is 2.10. The summed E-state index contributed by atoms with van der Waals surface area (Å²) in [7, 11) is -3.16. The highest BCUT2D eigenvalue weighted by molar-refractivity contribution is 9.10. The average Bonchev–Trinajstić information content (AvgIpc) is 2.58. The molecule has 17 heavy (non-hydrogen) atoms. The number of halogens is 1. The predicted molar refractivity (Wildman–Crippen MR) is 66.1 cm³/mol. The van der Waals surface area contributed by atoms with Crippen LogP contribution in [0.5, 0.6) is 0 Å². The summed E-state index contributed by atoms with van der Waals surface area (Å²) in [5, 5.41) is 3.71. The van der Waals surface area contributed by atoms with Crippen LogP contribution in [0, 0.1) is 0 Å². The molecular weight excluding hydrogens is 308 g/mol. The normalized spacial score (nSPS) is 21.4. The molecule has 1 aromatic heterocycles. The molecule has 0 aliphatic carbocycles. The van der Waals surface area contributed by atoms with Gasteiger partial charge in [-0.05, 0) is 34.1 Å². The fourth-order valence-corrected chi connectivity index (χ4v) is 3.02. The molecule has 2 heterocycles. The third kappa shape index (κ3) is 3.13. The fourth-order valence-electron chi connectivity index (χ4n) is 1.44. The number of rotatable bonds is 2. The first-order chi connectivity index (χ1) is 7.96. The topological polar surface area (TPSA) is 76.1 Å². The van der Waals surface area contributed by atoms with Gasteiger partial charge in [0.2, 0.25) is 0 Å². The first kappa shape index (κ1) is 12.3. The fraction of sp³-hybridized carbons (Fsp3) is 0.200. The zero-order valence-electron chi connectivity index (χ0n) is 8.63. The lowest BCUT2D eigenvalue weighted by Crippen LogP contribution is -2.35. The Kier molecular flexibility index (Phi) is 3.30. The molecular formula is C10H9BrN2O3S. The van der Waals surface area contributed by atoms with Gasteiger partial charge in [0.15, 0.2) is 9.84 Å². The van der Waals surface area contributed by atoms with Gasteiger partial charge in [0, 0.05) is 5.41 Å². The number of carbonyl (C=O) groups excluding carboxylic acids is 1. The standard InChI is InChI=1S/C10H9BrN2O3S/c11-9-3-1-2-8(13-9)10(14)12-7-4-5-17(15,16)6-7/h1-5,7H,6H2,(H,12,14). The van der Waals surface area contributed by atoms with Gasteiger partial charge in [-0.2, -0.15) is 0 Å². The number of pyridine rings is 1. The summed E-state index contributed by atoms with van der Waals surface area (Å²) in [6, 6.07) is 4.48. The molecule has 1 N–H and O–H groups in total. The van der Waals surface area contributed by atoms with E-state index in [4.69, 9.17) is 0 Å². The van der Waals surface area contributed by atoms with Crippen LogP contribution in [0.25, 0.3) is 0 Å². The molecule has 0 radical (unpaired) electrons. The van der Waals surface area contributed by atoms with Crippen molar-refractivity contribution in [3.05, 3.63) is 40.0 Å². The van der Waals surface area contributed by atoms with E-state index in [2.05, 4.69) is 26.2 Å². The minimum Gasteiger partial charge on any atom is -0.343 e. The summed E-state index contributed by atoms with van der Waals surface area (Å²) in [4.78, 5) is 15.7. The van der Waals surface area contributed by atoms with Crippen LogP contribution in [0.15, 0.2) is 34.3 Å². The van der Waals surface area contributed by atoms with Crippen molar-refractivity contribution in [2.45, 2.75) is 6.04 Å². The molecule has 7 heteroatoms. The lowest BCUT2D eigenvalue weighted by molar-refractivity contribution is 0.0942. The molecule has 0 saturated carbocycles. The second kappa shape index (κ2) is 4.58. The van der Waals surface area contributed by atoms with Crippen molar-refractivity contribution >= 4 is 31.7 Å². The maximum Gasteiger partial charge on any atom is 0.270 e. The minimum absolute atomic E-state index is 0.0905. The molecule has 0 saturated heterocycles. The van der Waals surface area contributed by atoms with E-state index in [1.54, 1.807) is 18.2 Å². The monoisotopic (exact) mass is 316 g/mol. The third-order valence-electron chi connectivity index (χ3n) is 2.19. The second-order valence-corrected chi connectivity index (χ2v) is 6.33. The molecule has 1 amide bonds. The minimum atomic E-state index is -3.16. The summed E-state index contributed by atoms with van der Waals surface area (Å²) < 4.78 is 22.9. The molecule has 1 aromatic rings. The van der Waals surface area contributed by atoms with Gasteiger partial charge in [-0.3, -0.25) is 4.79 Å². The SMILES string of the molecule is O=C(NC1C=CS(=O)(=O)C1)c1cccc(Br)n1. The van der Waals surface area contributed by atoms with Crippen molar-refractivity contribution in [2.75, 3.05) is 5.75 Å². The first-order valence-corrected chi connectivity index (χ1v) is 7.31. The van der Waals surface area contributed by atoms with Gasteiger partial charge >= 0.3 is 0 Å². The van der Waals surface area contributed by atoms with Gasteiger partial charge in [0.05, 0.1) is 11.8 Å². The smallest absolute Gasteiger partial charge is 0.270 e. The lowest BCUT2D eigenvalue weighted by atomic mass is 10.3. The van der Waals surface area contributed by atoms with E-state index in [0.717, 1.165) is 5.41 Å².